The van der Waals surface area contributed by atoms with Crippen molar-refractivity contribution in [3.05, 3.63) is 70.1 Å². The van der Waals surface area contributed by atoms with Crippen LogP contribution in [0, 0.1) is 6.92 Å². The van der Waals surface area contributed by atoms with Gasteiger partial charge >= 0.3 is 0 Å². The predicted octanol–water partition coefficient (Wildman–Crippen LogP) is 3.61. The Kier molecular flexibility index (Phi) is 2.91. The minimum absolute atomic E-state index is 0.0290. The molecule has 3 rings (SSSR count). The molecule has 1 aliphatic heterocycles. The highest BCUT2D eigenvalue weighted by Crippen LogP contribution is 2.42. The zero-order valence-corrected chi connectivity index (χ0v) is 11.3. The number of rotatable bonds is 1. The highest BCUT2D eigenvalue weighted by Gasteiger charge is 2.28. The molecule has 19 heavy (non-hydrogen) atoms. The first-order chi connectivity index (χ1) is 9.18. The maximum Gasteiger partial charge on any atom is 0.202 e. The molecular formula is C16H13NOS. The summed E-state index contributed by atoms with van der Waals surface area (Å²) >= 11 is 1.46. The number of nitrogens with two attached hydrogens (primary N) is 1. The second-order valence-electron chi connectivity index (χ2n) is 4.49. The maximum atomic E-state index is 12.4. The number of Topliss-reactive ketones (excluding diaryl/α,β-unsaturated/α-hetero) is 1. The lowest BCUT2D eigenvalue weighted by Crippen LogP contribution is -2.06. The molecule has 0 aromatic heterocycles. The van der Waals surface area contributed by atoms with Crippen molar-refractivity contribution in [3.8, 4) is 0 Å². The van der Waals surface area contributed by atoms with Crippen molar-refractivity contribution < 1.29 is 4.79 Å². The van der Waals surface area contributed by atoms with Crippen LogP contribution in [0.25, 0.3) is 5.70 Å². The molecule has 1 heterocycles. The molecule has 0 saturated heterocycles. The van der Waals surface area contributed by atoms with Crippen LogP contribution in [0.2, 0.25) is 0 Å². The largest absolute Gasteiger partial charge is 0.397 e. The summed E-state index contributed by atoms with van der Waals surface area (Å²) in [6.07, 6.45) is 0. The molecule has 0 spiro atoms. The number of thioether (sulfide) groups is 1. The molecule has 0 amide bonds. The average molecular weight is 267 g/mol. The van der Waals surface area contributed by atoms with Gasteiger partial charge in [-0.15, -0.1) is 0 Å². The van der Waals surface area contributed by atoms with Gasteiger partial charge in [0.2, 0.25) is 5.78 Å². The van der Waals surface area contributed by atoms with Crippen molar-refractivity contribution >= 4 is 23.2 Å². The van der Waals surface area contributed by atoms with Gasteiger partial charge in [0.15, 0.2) is 0 Å². The number of carbonyl (C=O) groups is 1. The molecule has 2 aromatic rings. The number of allylic oxidation sites excluding steroid dienone is 1. The Balaban J connectivity index is 2.12. The van der Waals surface area contributed by atoms with Crippen LogP contribution in [-0.4, -0.2) is 5.78 Å². The lowest BCUT2D eigenvalue weighted by atomic mass is 10.0. The van der Waals surface area contributed by atoms with Crippen LogP contribution in [0.4, 0.5) is 0 Å². The van der Waals surface area contributed by atoms with E-state index >= 15 is 0 Å². The van der Waals surface area contributed by atoms with Crippen LogP contribution in [0.15, 0.2) is 58.3 Å². The number of ketones is 1. The van der Waals surface area contributed by atoms with Gasteiger partial charge in [-0.2, -0.15) is 0 Å². The Morgan fingerprint density at radius 3 is 2.47 bits per heavy atom. The Morgan fingerprint density at radius 1 is 1.05 bits per heavy atom. The molecule has 2 nitrogen and oxygen atoms in total. The van der Waals surface area contributed by atoms with Gasteiger partial charge in [-0.25, -0.2) is 0 Å². The summed E-state index contributed by atoms with van der Waals surface area (Å²) < 4.78 is 0. The van der Waals surface area contributed by atoms with Crippen molar-refractivity contribution in [2.24, 2.45) is 5.73 Å². The lowest BCUT2D eigenvalue weighted by Gasteiger charge is -2.07. The fourth-order valence-electron chi connectivity index (χ4n) is 2.20. The summed E-state index contributed by atoms with van der Waals surface area (Å²) in [6, 6.07) is 15.5. The second kappa shape index (κ2) is 4.59. The molecule has 2 aromatic carbocycles. The summed E-state index contributed by atoms with van der Waals surface area (Å²) in [5, 5.41) is 0. The molecule has 0 radical (unpaired) electrons. The van der Waals surface area contributed by atoms with E-state index in [1.165, 1.54) is 11.8 Å². The van der Waals surface area contributed by atoms with Crippen LogP contribution in [0.3, 0.4) is 0 Å². The first-order valence-electron chi connectivity index (χ1n) is 6.06. The summed E-state index contributed by atoms with van der Waals surface area (Å²) in [5.74, 6) is 0.0290. The van der Waals surface area contributed by atoms with E-state index in [9.17, 15) is 4.79 Å². The average Bonchev–Trinajstić information content (AvgIpc) is 2.77. The van der Waals surface area contributed by atoms with Crippen molar-refractivity contribution in [2.45, 2.75) is 11.8 Å². The van der Waals surface area contributed by atoms with E-state index in [-0.39, 0.29) is 5.78 Å². The number of hydrogen-bond acceptors (Lipinski definition) is 3. The third-order valence-corrected chi connectivity index (χ3v) is 4.42. The summed E-state index contributed by atoms with van der Waals surface area (Å²) in [7, 11) is 0. The SMILES string of the molecule is Cc1ccccc1C(N)=C1Sc2ccccc2C1=O. The lowest BCUT2D eigenvalue weighted by molar-refractivity contribution is 0.104. The molecule has 3 heteroatoms. The molecule has 2 N–H and O–H groups in total. The Morgan fingerprint density at radius 2 is 1.74 bits per heavy atom. The van der Waals surface area contributed by atoms with Gasteiger partial charge in [-0.1, -0.05) is 48.2 Å². The van der Waals surface area contributed by atoms with E-state index in [1.54, 1.807) is 0 Å². The van der Waals surface area contributed by atoms with E-state index in [0.717, 1.165) is 21.6 Å². The van der Waals surface area contributed by atoms with Gasteiger partial charge in [0.1, 0.15) is 0 Å². The van der Waals surface area contributed by atoms with E-state index in [4.69, 9.17) is 5.73 Å². The fourth-order valence-corrected chi connectivity index (χ4v) is 3.26. The van der Waals surface area contributed by atoms with Gasteiger partial charge < -0.3 is 5.73 Å². The first-order valence-corrected chi connectivity index (χ1v) is 6.87. The summed E-state index contributed by atoms with van der Waals surface area (Å²) in [5.41, 5.74) is 9.55. The first kappa shape index (κ1) is 12.1. The van der Waals surface area contributed by atoms with Gasteiger partial charge in [-0.3, -0.25) is 4.79 Å². The van der Waals surface area contributed by atoms with Crippen molar-refractivity contribution in [3.63, 3.8) is 0 Å². The van der Waals surface area contributed by atoms with Crippen LogP contribution in [0.1, 0.15) is 21.5 Å². The quantitative estimate of drug-likeness (QED) is 0.803. The zero-order valence-electron chi connectivity index (χ0n) is 10.5. The third kappa shape index (κ3) is 1.96. The molecule has 0 unspecified atom stereocenters. The predicted molar refractivity (Wildman–Crippen MR) is 78.9 cm³/mol. The Hall–Kier alpha value is -2.00. The minimum atomic E-state index is 0.0290. The monoisotopic (exact) mass is 267 g/mol. The topological polar surface area (TPSA) is 43.1 Å². The van der Waals surface area contributed by atoms with Crippen molar-refractivity contribution in [1.82, 2.24) is 0 Å². The molecule has 0 fully saturated rings. The van der Waals surface area contributed by atoms with Gasteiger partial charge in [0, 0.05) is 16.0 Å². The highest BCUT2D eigenvalue weighted by molar-refractivity contribution is 8.05. The van der Waals surface area contributed by atoms with Gasteiger partial charge in [0.05, 0.1) is 10.6 Å². The van der Waals surface area contributed by atoms with Crippen molar-refractivity contribution in [2.75, 3.05) is 0 Å². The molecular weight excluding hydrogens is 254 g/mol. The number of hydrogen-bond donors (Lipinski definition) is 1. The second-order valence-corrected chi connectivity index (χ2v) is 5.54. The van der Waals surface area contributed by atoms with Crippen LogP contribution in [0.5, 0.6) is 0 Å². The van der Waals surface area contributed by atoms with Crippen molar-refractivity contribution in [1.29, 1.82) is 0 Å². The van der Waals surface area contributed by atoms with Gasteiger partial charge in [0.25, 0.3) is 0 Å². The van der Waals surface area contributed by atoms with Crippen LogP contribution in [-0.2, 0) is 0 Å². The fraction of sp³-hybridized carbons (Fsp3) is 0.0625. The number of carbonyl (C=O) groups excluding carboxylic acids is 1. The molecule has 0 aliphatic carbocycles. The Bertz CT molecular complexity index is 703. The van der Waals surface area contributed by atoms with Crippen LogP contribution >= 0.6 is 11.8 Å². The van der Waals surface area contributed by atoms with Gasteiger partial charge in [-0.05, 0) is 24.6 Å². The standard InChI is InChI=1S/C16H13NOS/c1-10-6-2-3-7-11(10)14(17)16-15(18)12-8-4-5-9-13(12)19-16/h2-9H,17H2,1H3. The third-order valence-electron chi connectivity index (χ3n) is 3.23. The number of aryl methyl sites for hydroxylation is 1. The molecule has 0 atom stereocenters. The number of fused-ring (bicyclic) bond motifs is 1. The number of benzene rings is 2. The molecule has 0 saturated carbocycles. The molecule has 94 valence electrons. The van der Waals surface area contributed by atoms with E-state index < -0.39 is 0 Å². The zero-order chi connectivity index (χ0) is 13.4. The van der Waals surface area contributed by atoms with E-state index in [0.29, 0.717) is 10.6 Å². The molecule has 1 aliphatic rings. The van der Waals surface area contributed by atoms with E-state index in [2.05, 4.69) is 0 Å². The summed E-state index contributed by atoms with van der Waals surface area (Å²) in [6.45, 7) is 2.00. The summed E-state index contributed by atoms with van der Waals surface area (Å²) in [4.78, 5) is 14.0. The van der Waals surface area contributed by atoms with Crippen LogP contribution < -0.4 is 5.73 Å². The van der Waals surface area contributed by atoms with E-state index in [1.807, 2.05) is 55.5 Å². The normalized spacial score (nSPS) is 16.4. The molecule has 0 bridgehead atoms. The minimum Gasteiger partial charge on any atom is -0.397 e. The smallest absolute Gasteiger partial charge is 0.202 e. The Labute approximate surface area is 116 Å². The highest BCUT2D eigenvalue weighted by atomic mass is 32.2. The maximum absolute atomic E-state index is 12.4.